The van der Waals surface area contributed by atoms with Gasteiger partial charge < -0.3 is 13.9 Å². The van der Waals surface area contributed by atoms with Crippen molar-refractivity contribution >= 4 is 5.69 Å². The van der Waals surface area contributed by atoms with E-state index in [9.17, 15) is 10.1 Å². The smallest absolute Gasteiger partial charge is 0.320 e. The number of hydrogen-bond acceptors (Lipinski definition) is 8. The van der Waals surface area contributed by atoms with Crippen molar-refractivity contribution in [1.82, 2.24) is 20.0 Å². The fraction of sp³-hybridized carbons (Fsp3) is 0.214. The summed E-state index contributed by atoms with van der Waals surface area (Å²) in [5.74, 6) is 1.41. The Labute approximate surface area is 134 Å². The highest BCUT2D eigenvalue weighted by atomic mass is 16.7. The molecule has 4 rings (SSSR count). The highest BCUT2D eigenvalue weighted by Crippen LogP contribution is 2.36. The number of nitrogens with zero attached hydrogens (tertiary/aromatic N) is 5. The third kappa shape index (κ3) is 2.24. The van der Waals surface area contributed by atoms with Crippen LogP contribution in [0.3, 0.4) is 0 Å². The molecule has 3 heterocycles. The van der Waals surface area contributed by atoms with Gasteiger partial charge in [-0.05, 0) is 25.1 Å². The molecule has 1 aromatic carbocycles. The molecule has 24 heavy (non-hydrogen) atoms. The normalized spacial score (nSPS) is 12.5. The first-order valence-electron chi connectivity index (χ1n) is 7.11. The van der Waals surface area contributed by atoms with Crippen molar-refractivity contribution < 1.29 is 18.8 Å². The number of aryl methyl sites for hydroxylation is 1. The van der Waals surface area contributed by atoms with Gasteiger partial charge in [-0.1, -0.05) is 0 Å². The van der Waals surface area contributed by atoms with Crippen molar-refractivity contribution in [3.8, 4) is 34.5 Å². The number of hydrogen-bond donors (Lipinski definition) is 0. The second-order valence-corrected chi connectivity index (χ2v) is 4.96. The van der Waals surface area contributed by atoms with Crippen LogP contribution in [0.25, 0.3) is 23.0 Å². The number of ether oxygens (including phenoxy) is 2. The first-order valence-corrected chi connectivity index (χ1v) is 7.11. The molecular formula is C14H11N5O5. The SMILES string of the molecule is CCn1cc([N+](=O)[O-])c(-c2nnc(-c3ccc4c(c3)OCO4)o2)n1. The Balaban J connectivity index is 1.73. The number of rotatable bonds is 4. The van der Waals surface area contributed by atoms with Crippen LogP contribution >= 0.6 is 0 Å². The van der Waals surface area contributed by atoms with Gasteiger partial charge in [-0.2, -0.15) is 5.10 Å². The molecule has 1 aliphatic heterocycles. The molecule has 3 aromatic rings. The highest BCUT2D eigenvalue weighted by molar-refractivity contribution is 5.64. The zero-order chi connectivity index (χ0) is 16.7. The second kappa shape index (κ2) is 5.33. The summed E-state index contributed by atoms with van der Waals surface area (Å²) in [4.78, 5) is 10.6. The van der Waals surface area contributed by atoms with Crippen LogP contribution in [0.1, 0.15) is 6.92 Å². The van der Waals surface area contributed by atoms with Gasteiger partial charge in [-0.25, -0.2) is 0 Å². The van der Waals surface area contributed by atoms with Crippen LogP contribution in [-0.4, -0.2) is 31.7 Å². The molecule has 0 unspecified atom stereocenters. The van der Waals surface area contributed by atoms with E-state index in [1.807, 2.05) is 6.92 Å². The Morgan fingerprint density at radius 1 is 1.25 bits per heavy atom. The van der Waals surface area contributed by atoms with E-state index in [2.05, 4.69) is 15.3 Å². The summed E-state index contributed by atoms with van der Waals surface area (Å²) in [7, 11) is 0. The minimum absolute atomic E-state index is 0.0124. The van der Waals surface area contributed by atoms with Crippen LogP contribution in [-0.2, 0) is 6.54 Å². The topological polar surface area (TPSA) is 118 Å². The summed E-state index contributed by atoms with van der Waals surface area (Å²) in [5.41, 5.74) is 0.481. The molecule has 122 valence electrons. The van der Waals surface area contributed by atoms with Crippen LogP contribution in [0.4, 0.5) is 5.69 Å². The van der Waals surface area contributed by atoms with Gasteiger partial charge in [0.15, 0.2) is 11.5 Å². The molecule has 0 radical (unpaired) electrons. The Morgan fingerprint density at radius 2 is 2.04 bits per heavy atom. The molecule has 0 saturated heterocycles. The third-order valence-corrected chi connectivity index (χ3v) is 3.51. The summed E-state index contributed by atoms with van der Waals surface area (Å²) >= 11 is 0. The molecule has 0 fully saturated rings. The predicted molar refractivity (Wildman–Crippen MR) is 79.4 cm³/mol. The van der Waals surface area contributed by atoms with Gasteiger partial charge in [-0.15, -0.1) is 10.2 Å². The Hall–Kier alpha value is -3.43. The fourth-order valence-electron chi connectivity index (χ4n) is 2.32. The molecule has 0 amide bonds. The van der Waals surface area contributed by atoms with E-state index in [1.165, 1.54) is 10.9 Å². The van der Waals surface area contributed by atoms with E-state index in [-0.39, 0.29) is 30.0 Å². The van der Waals surface area contributed by atoms with Gasteiger partial charge in [0.2, 0.25) is 18.4 Å². The monoisotopic (exact) mass is 329 g/mol. The van der Waals surface area contributed by atoms with Gasteiger partial charge in [0.05, 0.1) is 4.92 Å². The maximum atomic E-state index is 11.2. The molecule has 0 bridgehead atoms. The van der Waals surface area contributed by atoms with Crippen molar-refractivity contribution in [3.63, 3.8) is 0 Å². The van der Waals surface area contributed by atoms with Crippen LogP contribution in [0.2, 0.25) is 0 Å². The average molecular weight is 329 g/mol. The molecule has 10 heteroatoms. The zero-order valence-electron chi connectivity index (χ0n) is 12.5. The van der Waals surface area contributed by atoms with Crippen molar-refractivity contribution in [2.75, 3.05) is 6.79 Å². The third-order valence-electron chi connectivity index (χ3n) is 3.51. The molecule has 1 aliphatic rings. The molecule has 10 nitrogen and oxygen atoms in total. The predicted octanol–water partition coefficient (Wildman–Crippen LogP) is 2.26. The second-order valence-electron chi connectivity index (χ2n) is 4.96. The summed E-state index contributed by atoms with van der Waals surface area (Å²) in [6.07, 6.45) is 1.33. The summed E-state index contributed by atoms with van der Waals surface area (Å²) < 4.78 is 17.6. The average Bonchev–Trinajstić information content (AvgIpc) is 3.31. The van der Waals surface area contributed by atoms with Crippen molar-refractivity contribution in [2.45, 2.75) is 13.5 Å². The van der Waals surface area contributed by atoms with Gasteiger partial charge in [0.1, 0.15) is 6.20 Å². The lowest BCUT2D eigenvalue weighted by Crippen LogP contribution is -1.93. The van der Waals surface area contributed by atoms with Crippen molar-refractivity contribution in [1.29, 1.82) is 0 Å². The Bertz CT molecular complexity index is 932. The van der Waals surface area contributed by atoms with E-state index in [4.69, 9.17) is 13.9 Å². The maximum Gasteiger partial charge on any atom is 0.320 e. The van der Waals surface area contributed by atoms with E-state index in [0.717, 1.165) is 0 Å². The minimum Gasteiger partial charge on any atom is -0.454 e. The van der Waals surface area contributed by atoms with E-state index in [1.54, 1.807) is 18.2 Å². The van der Waals surface area contributed by atoms with E-state index in [0.29, 0.717) is 23.6 Å². The Kier molecular flexibility index (Phi) is 3.15. The highest BCUT2D eigenvalue weighted by Gasteiger charge is 2.26. The van der Waals surface area contributed by atoms with Crippen molar-refractivity contribution in [2.24, 2.45) is 0 Å². The lowest BCUT2D eigenvalue weighted by atomic mass is 10.2. The molecular weight excluding hydrogens is 318 g/mol. The van der Waals surface area contributed by atoms with Crippen LogP contribution in [0.15, 0.2) is 28.8 Å². The maximum absolute atomic E-state index is 11.2. The number of benzene rings is 1. The Morgan fingerprint density at radius 3 is 2.83 bits per heavy atom. The lowest BCUT2D eigenvalue weighted by Gasteiger charge is -1.97. The molecule has 0 atom stereocenters. The van der Waals surface area contributed by atoms with Crippen molar-refractivity contribution in [3.05, 3.63) is 34.5 Å². The first kappa shape index (κ1) is 14.2. The summed E-state index contributed by atoms with van der Waals surface area (Å²) in [5, 5.41) is 23.1. The number of nitro groups is 1. The van der Waals surface area contributed by atoms with Crippen LogP contribution in [0.5, 0.6) is 11.5 Å². The molecule has 2 aromatic heterocycles. The lowest BCUT2D eigenvalue weighted by molar-refractivity contribution is -0.384. The number of aromatic nitrogens is 4. The van der Waals surface area contributed by atoms with Gasteiger partial charge >= 0.3 is 5.69 Å². The van der Waals surface area contributed by atoms with E-state index < -0.39 is 4.92 Å². The quantitative estimate of drug-likeness (QED) is 0.528. The molecule has 0 aliphatic carbocycles. The molecule has 0 N–H and O–H groups in total. The van der Waals surface area contributed by atoms with Gasteiger partial charge in [0, 0.05) is 12.1 Å². The largest absolute Gasteiger partial charge is 0.454 e. The van der Waals surface area contributed by atoms with Crippen LogP contribution in [0, 0.1) is 10.1 Å². The summed E-state index contributed by atoms with van der Waals surface area (Å²) in [6.45, 7) is 2.48. The zero-order valence-corrected chi connectivity index (χ0v) is 12.5. The van der Waals surface area contributed by atoms with Crippen LogP contribution < -0.4 is 9.47 Å². The van der Waals surface area contributed by atoms with Gasteiger partial charge in [0.25, 0.3) is 5.89 Å². The molecule has 0 spiro atoms. The molecule has 0 saturated carbocycles. The first-order chi connectivity index (χ1) is 11.7. The fourth-order valence-corrected chi connectivity index (χ4v) is 2.32. The van der Waals surface area contributed by atoms with E-state index >= 15 is 0 Å². The standard InChI is InChI=1S/C14H11N5O5/c1-2-18-6-9(19(20)21)12(17-18)14-16-15-13(24-14)8-3-4-10-11(5-8)23-7-22-10/h3-6H,2,7H2,1H3. The number of fused-ring (bicyclic) bond motifs is 1. The summed E-state index contributed by atoms with van der Waals surface area (Å²) in [6, 6.07) is 5.18. The van der Waals surface area contributed by atoms with Gasteiger partial charge in [-0.3, -0.25) is 14.8 Å². The minimum atomic E-state index is -0.529.